The van der Waals surface area contributed by atoms with Crippen LogP contribution < -0.4 is 15.2 Å². The van der Waals surface area contributed by atoms with E-state index < -0.39 is 23.6 Å². The fraction of sp³-hybridized carbons (Fsp3) is 0.150. The summed E-state index contributed by atoms with van der Waals surface area (Å²) in [5.41, 5.74) is 6.43. The van der Waals surface area contributed by atoms with E-state index in [0.29, 0.717) is 22.1 Å². The molecule has 0 atom stereocenters. The number of thioether (sulfide) groups is 1. The Morgan fingerprint density at radius 3 is 2.66 bits per heavy atom. The minimum absolute atomic E-state index is 0.159. The number of rotatable bonds is 7. The summed E-state index contributed by atoms with van der Waals surface area (Å²) in [6.45, 7) is -0.278. The highest BCUT2D eigenvalue weighted by Crippen LogP contribution is 2.37. The number of hydrogen-bond donors (Lipinski definition) is 1. The van der Waals surface area contributed by atoms with Gasteiger partial charge in [0.2, 0.25) is 5.91 Å². The van der Waals surface area contributed by atoms with Crippen molar-refractivity contribution in [2.24, 2.45) is 5.73 Å². The zero-order valence-corrected chi connectivity index (χ0v) is 17.0. The molecule has 0 unspecified atom stereocenters. The van der Waals surface area contributed by atoms with Gasteiger partial charge in [0.15, 0.2) is 11.5 Å². The number of carbonyl (C=O) groups excluding carboxylic acids is 3. The maximum absolute atomic E-state index is 12.5. The van der Waals surface area contributed by atoms with Crippen molar-refractivity contribution in [2.45, 2.75) is 6.61 Å². The molecule has 1 aliphatic heterocycles. The van der Waals surface area contributed by atoms with Crippen LogP contribution in [0.2, 0.25) is 5.02 Å². The van der Waals surface area contributed by atoms with Gasteiger partial charge in [0.25, 0.3) is 11.1 Å². The first-order valence-corrected chi connectivity index (χ1v) is 9.67. The highest BCUT2D eigenvalue weighted by molar-refractivity contribution is 8.18. The van der Waals surface area contributed by atoms with Gasteiger partial charge in [-0.25, -0.2) is 0 Å². The number of nitrogens with zero attached hydrogens (tertiary/aromatic N) is 1. The summed E-state index contributed by atoms with van der Waals surface area (Å²) in [5, 5.41) is 0.0120. The van der Waals surface area contributed by atoms with Crippen LogP contribution in [0.4, 0.5) is 4.79 Å². The van der Waals surface area contributed by atoms with E-state index in [-0.39, 0.29) is 11.5 Å². The number of ether oxygens (including phenoxy) is 2. The second-order valence-corrected chi connectivity index (χ2v) is 7.39. The maximum Gasteiger partial charge on any atom is 0.294 e. The van der Waals surface area contributed by atoms with Crippen molar-refractivity contribution in [2.75, 3.05) is 13.7 Å². The summed E-state index contributed by atoms with van der Waals surface area (Å²) in [7, 11) is 1.50. The van der Waals surface area contributed by atoms with Gasteiger partial charge in [0, 0.05) is 16.1 Å². The topological polar surface area (TPSA) is 98.9 Å². The molecule has 3 rings (SSSR count). The van der Waals surface area contributed by atoms with Crippen molar-refractivity contribution in [3.05, 3.63) is 63.5 Å². The number of methoxy groups -OCH3 is 1. The Morgan fingerprint density at radius 1 is 1.21 bits per heavy atom. The molecule has 3 amide bonds. The van der Waals surface area contributed by atoms with Gasteiger partial charge in [-0.3, -0.25) is 19.3 Å². The van der Waals surface area contributed by atoms with Crippen molar-refractivity contribution in [1.82, 2.24) is 4.90 Å². The van der Waals surface area contributed by atoms with Crippen LogP contribution in [0.5, 0.6) is 11.5 Å². The minimum atomic E-state index is -0.765. The number of benzene rings is 2. The molecule has 2 N–H and O–H groups in total. The molecule has 150 valence electrons. The molecule has 29 heavy (non-hydrogen) atoms. The van der Waals surface area contributed by atoms with E-state index in [2.05, 4.69) is 0 Å². The summed E-state index contributed by atoms with van der Waals surface area (Å²) in [6, 6.07) is 12.5. The van der Waals surface area contributed by atoms with Crippen LogP contribution in [0.3, 0.4) is 0 Å². The zero-order chi connectivity index (χ0) is 21.0. The van der Waals surface area contributed by atoms with Crippen LogP contribution in [0.25, 0.3) is 6.08 Å². The third-order valence-electron chi connectivity index (χ3n) is 4.03. The molecule has 1 heterocycles. The van der Waals surface area contributed by atoms with Crippen LogP contribution in [-0.4, -0.2) is 35.6 Å². The normalized spacial score (nSPS) is 15.1. The Bertz CT molecular complexity index is 1010. The molecule has 2 aromatic rings. The van der Waals surface area contributed by atoms with E-state index in [9.17, 15) is 14.4 Å². The monoisotopic (exact) mass is 432 g/mol. The van der Waals surface area contributed by atoms with Gasteiger partial charge in [0.05, 0.1) is 12.0 Å². The Balaban J connectivity index is 1.91. The van der Waals surface area contributed by atoms with Crippen LogP contribution in [0, 0.1) is 0 Å². The fourth-order valence-corrected chi connectivity index (χ4v) is 3.68. The van der Waals surface area contributed by atoms with Crippen LogP contribution in [-0.2, 0) is 16.2 Å². The number of imide groups is 1. The van der Waals surface area contributed by atoms with Gasteiger partial charge in [-0.2, -0.15) is 0 Å². The van der Waals surface area contributed by atoms with Crippen molar-refractivity contribution < 1.29 is 23.9 Å². The molecule has 0 spiro atoms. The summed E-state index contributed by atoms with van der Waals surface area (Å²) in [6.07, 6.45) is 1.52. The van der Waals surface area contributed by atoms with Gasteiger partial charge in [0.1, 0.15) is 13.2 Å². The van der Waals surface area contributed by atoms with Crippen molar-refractivity contribution in [3.8, 4) is 11.5 Å². The van der Waals surface area contributed by atoms with Crippen LogP contribution in [0.15, 0.2) is 47.4 Å². The standard InChI is InChI=1S/C20H17ClN2O5S/c1-27-15-8-4-6-12(18(15)28-11-13-5-2-3-7-14(13)21)9-16-19(25)23(10-17(22)24)20(26)29-16/h2-9H,10-11H2,1H3,(H2,22,24)/b16-9-. The molecule has 9 heteroatoms. The quantitative estimate of drug-likeness (QED) is 0.673. The van der Waals surface area contributed by atoms with E-state index >= 15 is 0 Å². The fourth-order valence-electron chi connectivity index (χ4n) is 2.66. The van der Waals surface area contributed by atoms with Gasteiger partial charge in [-0.05, 0) is 30.0 Å². The maximum atomic E-state index is 12.5. The van der Waals surface area contributed by atoms with Gasteiger partial charge >= 0.3 is 0 Å². The van der Waals surface area contributed by atoms with Gasteiger partial charge in [-0.1, -0.05) is 41.9 Å². The lowest BCUT2D eigenvalue weighted by Crippen LogP contribution is -2.36. The Hall–Kier alpha value is -2.97. The lowest BCUT2D eigenvalue weighted by molar-refractivity contribution is -0.127. The predicted octanol–water partition coefficient (Wildman–Crippen LogP) is 3.45. The molecular weight excluding hydrogens is 416 g/mol. The smallest absolute Gasteiger partial charge is 0.294 e. The summed E-state index contributed by atoms with van der Waals surface area (Å²) in [4.78, 5) is 36.6. The number of primary amides is 1. The van der Waals surface area contributed by atoms with E-state index in [4.69, 9.17) is 26.8 Å². The third-order valence-corrected chi connectivity index (χ3v) is 5.31. The number of halogens is 1. The van der Waals surface area contributed by atoms with Crippen molar-refractivity contribution in [3.63, 3.8) is 0 Å². The van der Waals surface area contributed by atoms with E-state index in [1.807, 2.05) is 18.2 Å². The zero-order valence-electron chi connectivity index (χ0n) is 15.4. The summed E-state index contributed by atoms with van der Waals surface area (Å²) in [5.74, 6) is -0.490. The van der Waals surface area contributed by atoms with Crippen LogP contribution >= 0.6 is 23.4 Å². The number of amides is 3. The summed E-state index contributed by atoms with van der Waals surface area (Å²) < 4.78 is 11.3. The number of nitrogens with two attached hydrogens (primary N) is 1. The van der Waals surface area contributed by atoms with Crippen LogP contribution in [0.1, 0.15) is 11.1 Å². The molecule has 1 aliphatic rings. The number of carbonyl (C=O) groups is 3. The van der Waals surface area contributed by atoms with Crippen molar-refractivity contribution >= 4 is 46.5 Å². The number of para-hydroxylation sites is 1. The first-order valence-electron chi connectivity index (χ1n) is 8.47. The first-order chi connectivity index (χ1) is 13.9. The highest BCUT2D eigenvalue weighted by atomic mass is 35.5. The van der Waals surface area contributed by atoms with E-state index in [1.54, 1.807) is 24.3 Å². The molecule has 0 aliphatic carbocycles. The second-order valence-electron chi connectivity index (χ2n) is 5.99. The molecule has 1 saturated heterocycles. The lowest BCUT2D eigenvalue weighted by Gasteiger charge is -2.14. The molecule has 2 aromatic carbocycles. The molecule has 0 bridgehead atoms. The van der Waals surface area contributed by atoms with E-state index in [0.717, 1.165) is 22.2 Å². The minimum Gasteiger partial charge on any atom is -0.493 e. The number of hydrogen-bond acceptors (Lipinski definition) is 6. The lowest BCUT2D eigenvalue weighted by atomic mass is 10.1. The molecule has 0 aromatic heterocycles. The highest BCUT2D eigenvalue weighted by Gasteiger charge is 2.36. The average molecular weight is 433 g/mol. The molecular formula is C20H17ClN2O5S. The van der Waals surface area contributed by atoms with Crippen molar-refractivity contribution in [1.29, 1.82) is 0 Å². The average Bonchev–Trinajstić information content (AvgIpc) is 2.95. The molecule has 0 saturated carbocycles. The molecule has 0 radical (unpaired) electrons. The summed E-state index contributed by atoms with van der Waals surface area (Å²) >= 11 is 6.91. The Morgan fingerprint density at radius 2 is 1.97 bits per heavy atom. The predicted molar refractivity (Wildman–Crippen MR) is 111 cm³/mol. The largest absolute Gasteiger partial charge is 0.493 e. The van der Waals surface area contributed by atoms with E-state index in [1.165, 1.54) is 13.2 Å². The van der Waals surface area contributed by atoms with Gasteiger partial charge in [-0.15, -0.1) is 0 Å². The SMILES string of the molecule is COc1cccc(/C=C2\SC(=O)N(CC(N)=O)C2=O)c1OCc1ccccc1Cl. The Kier molecular flexibility index (Phi) is 6.46. The molecule has 1 fully saturated rings. The molecule has 7 nitrogen and oxygen atoms in total. The second kappa shape index (κ2) is 9.02. The van der Waals surface area contributed by atoms with Gasteiger partial charge < -0.3 is 15.2 Å². The first kappa shape index (κ1) is 20.8. The third kappa shape index (κ3) is 4.72. The Labute approximate surface area is 176 Å².